The number of rotatable bonds is 4. The molecule has 5 heterocycles. The van der Waals surface area contributed by atoms with Gasteiger partial charge >= 0.3 is 0 Å². The van der Waals surface area contributed by atoms with Crippen molar-refractivity contribution in [3.05, 3.63) is 127 Å². The van der Waals surface area contributed by atoms with E-state index in [9.17, 15) is 10.2 Å². The predicted octanol–water partition coefficient (Wildman–Crippen LogP) is 3.73. The highest BCUT2D eigenvalue weighted by molar-refractivity contribution is 5.71. The Morgan fingerprint density at radius 1 is 0.558 bits per heavy atom. The zero-order valence-electron chi connectivity index (χ0n) is 29.7. The number of hydrogen-bond donors (Lipinski definition) is 2. The Kier molecular flexibility index (Phi) is 7.64. The van der Waals surface area contributed by atoms with Gasteiger partial charge < -0.3 is 39.0 Å². The third kappa shape index (κ3) is 4.99. The van der Waals surface area contributed by atoms with Crippen molar-refractivity contribution in [3.63, 3.8) is 0 Å². The molecule has 4 aromatic carbocycles. The highest BCUT2D eigenvalue weighted by atomic mass is 16.5. The number of ether oxygens (including phenoxy) is 4. The number of phenols is 2. The summed E-state index contributed by atoms with van der Waals surface area (Å²) in [5.74, 6) is 2.69. The van der Waals surface area contributed by atoms with Crippen molar-refractivity contribution in [1.29, 1.82) is 0 Å². The van der Waals surface area contributed by atoms with E-state index in [-0.39, 0.29) is 11.5 Å². The summed E-state index contributed by atoms with van der Waals surface area (Å²) in [6, 6.07) is 20.0. The molecule has 264 valence electrons. The first-order valence-corrected chi connectivity index (χ1v) is 17.6. The van der Waals surface area contributed by atoms with Crippen LogP contribution in [0.5, 0.6) is 34.5 Å². The first-order valence-electron chi connectivity index (χ1n) is 17.6. The van der Waals surface area contributed by atoms with Gasteiger partial charge in [0.1, 0.15) is 11.5 Å². The summed E-state index contributed by atoms with van der Waals surface area (Å²) in [7, 11) is 6.51. The van der Waals surface area contributed by atoms with E-state index in [2.05, 4.69) is 34.1 Å². The van der Waals surface area contributed by atoms with Gasteiger partial charge in [-0.15, -0.1) is 0 Å². The molecule has 0 aliphatic carbocycles. The molecule has 0 aromatic heterocycles. The molecular formula is C42H40N4O6. The molecule has 0 saturated heterocycles. The van der Waals surface area contributed by atoms with E-state index < -0.39 is 0 Å². The zero-order chi connectivity index (χ0) is 35.7. The summed E-state index contributed by atoms with van der Waals surface area (Å²) in [5.41, 5.74) is 9.97. The number of hydrogen-bond acceptors (Lipinski definition) is 10. The molecule has 5 aliphatic rings. The SMILES string of the molecule is COc1ccc2c(c1)=NC1=C3Cc4ccc(OC)c(O)c4CN4CCC5=c6ccc(OC)cc6=NC5=C4Cc4ccc(OC)c(O)c4CN3CCC=21. The van der Waals surface area contributed by atoms with Gasteiger partial charge in [-0.2, -0.15) is 0 Å². The monoisotopic (exact) mass is 696 g/mol. The van der Waals surface area contributed by atoms with Crippen LogP contribution in [0, 0.1) is 0 Å². The van der Waals surface area contributed by atoms with Gasteiger partial charge in [0.05, 0.1) is 50.5 Å². The molecule has 2 N–H and O–H groups in total. The van der Waals surface area contributed by atoms with Crippen molar-refractivity contribution in [1.82, 2.24) is 9.80 Å². The van der Waals surface area contributed by atoms with Gasteiger partial charge in [-0.1, -0.05) is 12.1 Å². The second-order valence-corrected chi connectivity index (χ2v) is 13.7. The lowest BCUT2D eigenvalue weighted by Gasteiger charge is -2.37. The number of benzene rings is 4. The van der Waals surface area contributed by atoms with Crippen LogP contribution in [0.1, 0.15) is 35.1 Å². The molecule has 0 radical (unpaired) electrons. The second-order valence-electron chi connectivity index (χ2n) is 13.7. The number of fused-ring (bicyclic) bond motifs is 8. The maximum absolute atomic E-state index is 11.8. The molecule has 0 bridgehead atoms. The predicted molar refractivity (Wildman–Crippen MR) is 195 cm³/mol. The number of methoxy groups -OCH3 is 4. The Bertz CT molecular complexity index is 2350. The normalized spacial score (nSPS) is 17.2. The summed E-state index contributed by atoms with van der Waals surface area (Å²) in [6.45, 7) is 2.36. The molecule has 0 saturated carbocycles. The largest absolute Gasteiger partial charge is 0.504 e. The molecule has 10 heteroatoms. The summed E-state index contributed by atoms with van der Waals surface area (Å²) >= 11 is 0. The summed E-state index contributed by atoms with van der Waals surface area (Å²) in [4.78, 5) is 15.1. The van der Waals surface area contributed by atoms with Crippen LogP contribution in [0.4, 0.5) is 0 Å². The van der Waals surface area contributed by atoms with E-state index in [0.29, 0.717) is 37.4 Å². The molecule has 10 nitrogen and oxygen atoms in total. The fraction of sp³-hybridized carbons (Fsp3) is 0.286. The van der Waals surface area contributed by atoms with E-state index in [1.807, 2.05) is 36.4 Å². The van der Waals surface area contributed by atoms with Crippen LogP contribution in [0.25, 0.3) is 11.1 Å². The third-order valence-corrected chi connectivity index (χ3v) is 11.2. The summed E-state index contributed by atoms with van der Waals surface area (Å²) in [5, 5.41) is 27.7. The van der Waals surface area contributed by atoms with Crippen LogP contribution in [-0.2, 0) is 25.9 Å². The van der Waals surface area contributed by atoms with E-state index in [0.717, 1.165) is 104 Å². The fourth-order valence-corrected chi connectivity index (χ4v) is 8.46. The van der Waals surface area contributed by atoms with Crippen LogP contribution in [0.2, 0.25) is 0 Å². The van der Waals surface area contributed by atoms with Crippen LogP contribution in [0.3, 0.4) is 0 Å². The van der Waals surface area contributed by atoms with E-state index in [1.54, 1.807) is 28.4 Å². The Morgan fingerprint density at radius 2 is 1.00 bits per heavy atom. The molecule has 0 spiro atoms. The van der Waals surface area contributed by atoms with Crippen molar-refractivity contribution < 1.29 is 29.2 Å². The van der Waals surface area contributed by atoms with Gasteiger partial charge in [-0.05, 0) is 71.5 Å². The maximum Gasteiger partial charge on any atom is 0.163 e. The van der Waals surface area contributed by atoms with Crippen molar-refractivity contribution >= 4 is 11.1 Å². The smallest absolute Gasteiger partial charge is 0.163 e. The lowest BCUT2D eigenvalue weighted by molar-refractivity contribution is 0.299. The van der Waals surface area contributed by atoms with Crippen molar-refractivity contribution in [2.75, 3.05) is 41.5 Å². The fourth-order valence-electron chi connectivity index (χ4n) is 8.46. The standard InChI is InChI=1S/C42H40N4O6/c1-49-25-7-9-27-29-13-15-45-21-31-24(6-12-38(52-4)41(31)47)18-36-40-30(28-10-8-26(50-2)20-34(28)44-40)14-16-46(36)22-32-23(5-11-37(51-3)42(32)48)17-35(45)39(29)43-33(27)19-25/h5-12,19-20,47-48H,13-18,21-22H2,1-4H3. The first-order chi connectivity index (χ1) is 25.4. The third-order valence-electron chi connectivity index (χ3n) is 11.2. The van der Waals surface area contributed by atoms with Gasteiger partial charge in [-0.3, -0.25) is 0 Å². The van der Waals surface area contributed by atoms with Gasteiger partial charge in [0.2, 0.25) is 0 Å². The molecule has 9 rings (SSSR count). The second kappa shape index (κ2) is 12.4. The number of phenolic OH excluding ortho intramolecular Hbond substituents is 2. The number of aromatic hydroxyl groups is 2. The van der Waals surface area contributed by atoms with Crippen LogP contribution in [0.15, 0.2) is 93.4 Å². The summed E-state index contributed by atoms with van der Waals surface area (Å²) < 4.78 is 22.4. The molecule has 0 amide bonds. The minimum atomic E-state index is 0.142. The van der Waals surface area contributed by atoms with Crippen LogP contribution in [-0.4, -0.2) is 61.5 Å². The lowest BCUT2D eigenvalue weighted by Crippen LogP contribution is -2.34. The van der Waals surface area contributed by atoms with Gasteiger partial charge in [-0.25, -0.2) is 9.98 Å². The topological polar surface area (TPSA) is 109 Å². The first kappa shape index (κ1) is 32.0. The highest BCUT2D eigenvalue weighted by Gasteiger charge is 2.34. The number of nitrogens with zero attached hydrogens (tertiary/aromatic N) is 4. The average molecular weight is 697 g/mol. The van der Waals surface area contributed by atoms with E-state index in [1.165, 1.54) is 11.1 Å². The molecule has 0 atom stereocenters. The Morgan fingerprint density at radius 3 is 1.40 bits per heavy atom. The molecule has 5 aliphatic heterocycles. The van der Waals surface area contributed by atoms with Gasteiger partial charge in [0.25, 0.3) is 0 Å². The molecular weight excluding hydrogens is 656 g/mol. The average Bonchev–Trinajstić information content (AvgIpc) is 3.73. The molecule has 0 fully saturated rings. The minimum Gasteiger partial charge on any atom is -0.504 e. The number of allylic oxidation sites excluding steroid dienone is 4. The van der Waals surface area contributed by atoms with E-state index >= 15 is 0 Å². The lowest BCUT2D eigenvalue weighted by atomic mass is 9.90. The maximum atomic E-state index is 11.8. The Labute approximate surface area is 301 Å². The Balaban J connectivity index is 1.28. The van der Waals surface area contributed by atoms with Crippen LogP contribution < -0.4 is 40.1 Å². The quantitative estimate of drug-likeness (QED) is 0.333. The van der Waals surface area contributed by atoms with Crippen molar-refractivity contribution in [2.45, 2.75) is 38.8 Å². The summed E-state index contributed by atoms with van der Waals surface area (Å²) in [6.07, 6.45) is 2.63. The van der Waals surface area contributed by atoms with Crippen molar-refractivity contribution in [2.24, 2.45) is 9.98 Å². The van der Waals surface area contributed by atoms with Crippen LogP contribution >= 0.6 is 0 Å². The molecule has 0 unspecified atom stereocenters. The highest BCUT2D eigenvalue weighted by Crippen LogP contribution is 2.43. The Hall–Kier alpha value is -5.90. The van der Waals surface area contributed by atoms with Gasteiger partial charge in [0.15, 0.2) is 23.0 Å². The molecule has 4 aromatic rings. The minimum absolute atomic E-state index is 0.142. The van der Waals surface area contributed by atoms with E-state index in [4.69, 9.17) is 28.9 Å². The van der Waals surface area contributed by atoms with Crippen molar-refractivity contribution in [3.8, 4) is 34.5 Å². The van der Waals surface area contributed by atoms with Gasteiger partial charge in [0, 0.05) is 84.1 Å². The zero-order valence-corrected chi connectivity index (χ0v) is 29.7. The molecule has 52 heavy (non-hydrogen) atoms.